The Morgan fingerprint density at radius 1 is 1.21 bits per heavy atom. The quantitative estimate of drug-likeness (QED) is 0.906. The van der Waals surface area contributed by atoms with Gasteiger partial charge in [-0.05, 0) is 62.8 Å². The zero-order valence-corrected chi connectivity index (χ0v) is 12.6. The Hall–Kier alpha value is -0.410. The highest BCUT2D eigenvalue weighted by Gasteiger charge is 2.52. The molecule has 0 saturated heterocycles. The van der Waals surface area contributed by atoms with Gasteiger partial charge in [-0.2, -0.15) is 0 Å². The summed E-state index contributed by atoms with van der Waals surface area (Å²) in [5.41, 5.74) is 1.75. The van der Waals surface area contributed by atoms with E-state index in [1.165, 1.54) is 49.2 Å². The van der Waals surface area contributed by atoms with E-state index in [2.05, 4.69) is 17.6 Å². The van der Waals surface area contributed by atoms with E-state index in [0.29, 0.717) is 5.41 Å². The molecule has 1 aromatic heterocycles. The van der Waals surface area contributed by atoms with Crippen molar-refractivity contribution in [3.05, 3.63) is 16.1 Å². The van der Waals surface area contributed by atoms with Gasteiger partial charge in [0.25, 0.3) is 0 Å². The van der Waals surface area contributed by atoms with Crippen molar-refractivity contribution in [2.45, 2.75) is 57.4 Å². The van der Waals surface area contributed by atoms with Crippen LogP contribution in [0, 0.1) is 17.8 Å². The van der Waals surface area contributed by atoms with Gasteiger partial charge in [0.05, 0.1) is 10.7 Å². The van der Waals surface area contributed by atoms with E-state index in [-0.39, 0.29) is 0 Å². The maximum atomic E-state index is 4.99. The molecule has 2 nitrogen and oxygen atoms in total. The van der Waals surface area contributed by atoms with Crippen molar-refractivity contribution in [3.63, 3.8) is 0 Å². The highest BCUT2D eigenvalue weighted by Crippen LogP contribution is 2.61. The van der Waals surface area contributed by atoms with Gasteiger partial charge in [-0.15, -0.1) is 11.3 Å². The molecule has 19 heavy (non-hydrogen) atoms. The van der Waals surface area contributed by atoms with Gasteiger partial charge in [0.15, 0.2) is 0 Å². The summed E-state index contributed by atoms with van der Waals surface area (Å²) < 4.78 is 0. The molecule has 1 heterocycles. The summed E-state index contributed by atoms with van der Waals surface area (Å²) in [4.78, 5) is 4.99. The topological polar surface area (TPSA) is 24.9 Å². The number of nitrogens with one attached hydrogen (secondary N) is 1. The normalized spacial score (nSPS) is 39.9. The molecule has 0 aliphatic heterocycles. The first-order valence-corrected chi connectivity index (χ1v) is 8.81. The van der Waals surface area contributed by atoms with E-state index in [1.807, 2.05) is 11.3 Å². The second-order valence-electron chi connectivity index (χ2n) is 7.12. The number of thiazole rings is 1. The van der Waals surface area contributed by atoms with Gasteiger partial charge >= 0.3 is 0 Å². The van der Waals surface area contributed by atoms with Crippen LogP contribution in [0.1, 0.15) is 56.2 Å². The molecule has 1 aromatic rings. The molecular formula is C16H24N2S. The van der Waals surface area contributed by atoms with Crippen LogP contribution in [0.15, 0.2) is 5.38 Å². The Bertz CT molecular complexity index is 430. The van der Waals surface area contributed by atoms with Crippen LogP contribution in [0.2, 0.25) is 0 Å². The van der Waals surface area contributed by atoms with Crippen molar-refractivity contribution in [3.8, 4) is 0 Å². The summed E-state index contributed by atoms with van der Waals surface area (Å²) in [5, 5.41) is 7.16. The molecule has 0 unspecified atom stereocenters. The fourth-order valence-corrected chi connectivity index (χ4v) is 6.31. The molecule has 0 atom stereocenters. The van der Waals surface area contributed by atoms with Gasteiger partial charge in [0, 0.05) is 17.3 Å². The van der Waals surface area contributed by atoms with Crippen LogP contribution in [0.4, 0.5) is 0 Å². The molecule has 4 fully saturated rings. The molecule has 4 aliphatic carbocycles. The van der Waals surface area contributed by atoms with Gasteiger partial charge in [0.1, 0.15) is 0 Å². The largest absolute Gasteiger partial charge is 0.311 e. The Kier molecular flexibility index (Phi) is 2.96. The fourth-order valence-electron chi connectivity index (χ4n) is 5.26. The highest BCUT2D eigenvalue weighted by molar-refractivity contribution is 7.09. The number of hydrogen-bond donors (Lipinski definition) is 1. The molecule has 4 saturated carbocycles. The van der Waals surface area contributed by atoms with Crippen molar-refractivity contribution in [1.29, 1.82) is 0 Å². The second-order valence-corrected chi connectivity index (χ2v) is 7.98. The summed E-state index contributed by atoms with van der Waals surface area (Å²) in [6.07, 6.45) is 8.88. The maximum absolute atomic E-state index is 4.99. The van der Waals surface area contributed by atoms with Crippen molar-refractivity contribution < 1.29 is 0 Å². The minimum atomic E-state index is 0.490. The number of hydrogen-bond acceptors (Lipinski definition) is 3. The first-order chi connectivity index (χ1) is 9.27. The van der Waals surface area contributed by atoms with E-state index < -0.39 is 0 Å². The molecule has 3 heteroatoms. The number of aromatic nitrogens is 1. The minimum Gasteiger partial charge on any atom is -0.311 e. The molecule has 0 aromatic carbocycles. The fraction of sp³-hybridized carbons (Fsp3) is 0.812. The highest BCUT2D eigenvalue weighted by atomic mass is 32.1. The van der Waals surface area contributed by atoms with Gasteiger partial charge in [-0.1, -0.05) is 6.92 Å². The molecule has 1 N–H and O–H groups in total. The van der Waals surface area contributed by atoms with Gasteiger partial charge in [-0.3, -0.25) is 0 Å². The average molecular weight is 276 g/mol. The SMILES string of the molecule is CCNCc1csc(C23CC4CC(CC(C4)C2)C3)n1. The third kappa shape index (κ3) is 2.06. The summed E-state index contributed by atoms with van der Waals surface area (Å²) in [6.45, 7) is 4.13. The van der Waals surface area contributed by atoms with Crippen LogP contribution < -0.4 is 5.32 Å². The smallest absolute Gasteiger partial charge is 0.0991 e. The van der Waals surface area contributed by atoms with Crippen LogP contribution in [0.3, 0.4) is 0 Å². The van der Waals surface area contributed by atoms with Crippen molar-refractivity contribution >= 4 is 11.3 Å². The molecule has 0 radical (unpaired) electrons. The Balaban J connectivity index is 1.59. The van der Waals surface area contributed by atoms with E-state index >= 15 is 0 Å². The van der Waals surface area contributed by atoms with E-state index in [4.69, 9.17) is 4.98 Å². The lowest BCUT2D eigenvalue weighted by Crippen LogP contribution is -2.48. The number of rotatable bonds is 4. The second kappa shape index (κ2) is 4.56. The Morgan fingerprint density at radius 2 is 1.84 bits per heavy atom. The Morgan fingerprint density at radius 3 is 2.42 bits per heavy atom. The first-order valence-electron chi connectivity index (χ1n) is 7.93. The molecule has 4 aliphatic rings. The number of nitrogens with zero attached hydrogens (tertiary/aromatic N) is 1. The van der Waals surface area contributed by atoms with E-state index in [9.17, 15) is 0 Å². The third-order valence-corrected chi connectivity index (χ3v) is 6.74. The molecule has 104 valence electrons. The van der Waals surface area contributed by atoms with E-state index in [1.54, 1.807) is 0 Å². The van der Waals surface area contributed by atoms with Gasteiger partial charge < -0.3 is 5.32 Å². The average Bonchev–Trinajstić information content (AvgIpc) is 2.84. The van der Waals surface area contributed by atoms with Crippen molar-refractivity contribution in [2.75, 3.05) is 6.54 Å². The first kappa shape index (κ1) is 12.3. The van der Waals surface area contributed by atoms with E-state index in [0.717, 1.165) is 30.8 Å². The van der Waals surface area contributed by atoms with Crippen LogP contribution in [-0.4, -0.2) is 11.5 Å². The maximum Gasteiger partial charge on any atom is 0.0991 e. The molecule has 0 spiro atoms. The standard InChI is InChI=1S/C16H24N2S/c1-2-17-9-14-10-19-15(18-14)16-6-11-3-12(7-16)5-13(4-11)8-16/h10-13,17H,2-9H2,1H3. The van der Waals surface area contributed by atoms with Crippen LogP contribution in [0.5, 0.6) is 0 Å². The van der Waals surface area contributed by atoms with Crippen LogP contribution >= 0.6 is 11.3 Å². The minimum absolute atomic E-state index is 0.490. The lowest BCUT2D eigenvalue weighted by atomic mass is 9.50. The summed E-state index contributed by atoms with van der Waals surface area (Å²) in [5.74, 6) is 3.06. The van der Waals surface area contributed by atoms with Gasteiger partial charge in [-0.25, -0.2) is 4.98 Å². The lowest BCUT2D eigenvalue weighted by molar-refractivity contribution is -0.00533. The zero-order chi connectivity index (χ0) is 12.9. The van der Waals surface area contributed by atoms with Crippen molar-refractivity contribution in [1.82, 2.24) is 10.3 Å². The van der Waals surface area contributed by atoms with Crippen LogP contribution in [-0.2, 0) is 12.0 Å². The molecule has 4 bridgehead atoms. The molecular weight excluding hydrogens is 252 g/mol. The summed E-state index contributed by atoms with van der Waals surface area (Å²) >= 11 is 1.94. The Labute approximate surface area is 120 Å². The third-order valence-electron chi connectivity index (χ3n) is 5.60. The monoisotopic (exact) mass is 276 g/mol. The molecule has 0 amide bonds. The van der Waals surface area contributed by atoms with Crippen LogP contribution in [0.25, 0.3) is 0 Å². The summed E-state index contributed by atoms with van der Waals surface area (Å²) in [6, 6.07) is 0. The predicted octanol–water partition coefficient (Wildman–Crippen LogP) is 3.72. The van der Waals surface area contributed by atoms with Crippen molar-refractivity contribution in [2.24, 2.45) is 17.8 Å². The van der Waals surface area contributed by atoms with Gasteiger partial charge in [0.2, 0.25) is 0 Å². The predicted molar refractivity (Wildman–Crippen MR) is 79.3 cm³/mol. The lowest BCUT2D eigenvalue weighted by Gasteiger charge is -2.56. The zero-order valence-electron chi connectivity index (χ0n) is 11.8. The summed E-state index contributed by atoms with van der Waals surface area (Å²) in [7, 11) is 0. The molecule has 5 rings (SSSR count).